The average Bonchev–Trinajstić information content (AvgIpc) is 3.00. The minimum absolute atomic E-state index is 0.0667. The van der Waals surface area contributed by atoms with Crippen LogP contribution in [0.3, 0.4) is 0 Å². The number of amides is 1. The van der Waals surface area contributed by atoms with Gasteiger partial charge in [0.15, 0.2) is 0 Å². The van der Waals surface area contributed by atoms with Gasteiger partial charge in [0.05, 0.1) is 5.56 Å². The summed E-state index contributed by atoms with van der Waals surface area (Å²) < 4.78 is 0. The summed E-state index contributed by atoms with van der Waals surface area (Å²) in [4.78, 5) is 24.3. The number of nitrogens with zero attached hydrogens (tertiary/aromatic N) is 1. The van der Waals surface area contributed by atoms with E-state index in [0.29, 0.717) is 17.1 Å². The molecule has 4 nitrogen and oxygen atoms in total. The van der Waals surface area contributed by atoms with E-state index in [1.165, 1.54) is 11.3 Å². The molecule has 6 heteroatoms. The average molecular weight is 349 g/mol. The van der Waals surface area contributed by atoms with Crippen molar-refractivity contribution in [2.24, 2.45) is 5.18 Å². The largest absolute Gasteiger partial charge is 0.352 e. The molecule has 2 aromatic rings. The summed E-state index contributed by atoms with van der Waals surface area (Å²) in [5.41, 5.74) is 2.84. The summed E-state index contributed by atoms with van der Waals surface area (Å²) in [6.45, 7) is 0.570. The highest BCUT2D eigenvalue weighted by Gasteiger charge is 2.27. The van der Waals surface area contributed by atoms with Gasteiger partial charge in [-0.2, -0.15) is 4.91 Å². The predicted molar refractivity (Wildman–Crippen MR) is 93.3 cm³/mol. The minimum atomic E-state index is -0.278. The van der Waals surface area contributed by atoms with Gasteiger partial charge in [0.1, 0.15) is 6.04 Å². The summed E-state index contributed by atoms with van der Waals surface area (Å²) in [6, 6.07) is 7.34. The number of rotatable bonds is 5. The summed E-state index contributed by atoms with van der Waals surface area (Å²) >= 11 is 7.33. The second-order valence-corrected chi connectivity index (χ2v) is 6.99. The maximum atomic E-state index is 12.4. The lowest BCUT2D eigenvalue weighted by Gasteiger charge is -2.17. The Balaban J connectivity index is 1.62. The molecule has 1 aromatic carbocycles. The first kappa shape index (κ1) is 16.1. The number of halogens is 1. The summed E-state index contributed by atoms with van der Waals surface area (Å²) in [7, 11) is 0. The van der Waals surface area contributed by atoms with Crippen LogP contribution in [-0.2, 0) is 12.8 Å². The molecule has 0 saturated carbocycles. The van der Waals surface area contributed by atoms with Gasteiger partial charge in [0.2, 0.25) is 0 Å². The Morgan fingerprint density at radius 2 is 2.13 bits per heavy atom. The third kappa shape index (κ3) is 3.62. The van der Waals surface area contributed by atoms with Gasteiger partial charge in [-0.3, -0.25) is 4.79 Å². The number of nitroso groups, excluding NO2 is 1. The van der Waals surface area contributed by atoms with Crippen LogP contribution in [0.4, 0.5) is 0 Å². The van der Waals surface area contributed by atoms with Crippen LogP contribution in [0.2, 0.25) is 5.02 Å². The van der Waals surface area contributed by atoms with E-state index in [2.05, 4.69) is 10.5 Å². The molecule has 3 rings (SSSR count). The van der Waals surface area contributed by atoms with E-state index in [0.717, 1.165) is 41.7 Å². The Morgan fingerprint density at radius 3 is 2.87 bits per heavy atom. The second-order valence-electron chi connectivity index (χ2n) is 5.64. The zero-order valence-electron chi connectivity index (χ0n) is 12.5. The molecule has 120 valence electrons. The molecule has 0 fully saturated rings. The monoisotopic (exact) mass is 348 g/mol. The van der Waals surface area contributed by atoms with Crippen molar-refractivity contribution >= 4 is 28.8 Å². The van der Waals surface area contributed by atoms with E-state index in [9.17, 15) is 9.70 Å². The standard InChI is InChI=1S/C17H17ClN2O2S/c18-12-6-4-11(5-7-12)8-9-19-17(21)14-10-23-16-13(14)2-1-3-15(16)20-22/h4-7,10,15H,1-3,8-9H2,(H,19,21). The highest BCUT2D eigenvalue weighted by molar-refractivity contribution is 7.10. The fourth-order valence-corrected chi connectivity index (χ4v) is 4.19. The molecule has 0 radical (unpaired) electrons. The smallest absolute Gasteiger partial charge is 0.252 e. The summed E-state index contributed by atoms with van der Waals surface area (Å²) in [5.74, 6) is -0.0667. The van der Waals surface area contributed by atoms with Crippen molar-refractivity contribution < 1.29 is 4.79 Å². The number of benzene rings is 1. The first-order valence-corrected chi connectivity index (χ1v) is 8.90. The maximum Gasteiger partial charge on any atom is 0.252 e. The Bertz CT molecular complexity index is 712. The van der Waals surface area contributed by atoms with Crippen molar-refractivity contribution in [1.29, 1.82) is 0 Å². The zero-order chi connectivity index (χ0) is 16.2. The normalized spacial score (nSPS) is 16.7. The first-order chi connectivity index (χ1) is 11.2. The maximum absolute atomic E-state index is 12.4. The Morgan fingerprint density at radius 1 is 1.35 bits per heavy atom. The Labute approximate surface area is 143 Å². The Kier molecular flexibility index (Phi) is 5.08. The molecule has 0 saturated heterocycles. The van der Waals surface area contributed by atoms with E-state index in [1.807, 2.05) is 29.6 Å². The van der Waals surface area contributed by atoms with Gasteiger partial charge in [-0.05, 0) is 48.9 Å². The van der Waals surface area contributed by atoms with Gasteiger partial charge >= 0.3 is 0 Å². The lowest BCUT2D eigenvalue weighted by molar-refractivity contribution is 0.0953. The van der Waals surface area contributed by atoms with Gasteiger partial charge in [-0.25, -0.2) is 0 Å². The Hall–Kier alpha value is -1.72. The third-order valence-corrected chi connectivity index (χ3v) is 5.50. The minimum Gasteiger partial charge on any atom is -0.352 e. The van der Waals surface area contributed by atoms with Crippen LogP contribution in [-0.4, -0.2) is 12.5 Å². The van der Waals surface area contributed by atoms with E-state index in [-0.39, 0.29) is 11.9 Å². The van der Waals surface area contributed by atoms with Crippen LogP contribution >= 0.6 is 22.9 Å². The van der Waals surface area contributed by atoms with Crippen LogP contribution in [0, 0.1) is 4.91 Å². The van der Waals surface area contributed by atoms with Gasteiger partial charge in [0.25, 0.3) is 5.91 Å². The SMILES string of the molecule is O=NC1CCCc2c(C(=O)NCCc3ccc(Cl)cc3)csc21. The molecule has 1 unspecified atom stereocenters. The number of hydrogen-bond donors (Lipinski definition) is 1. The zero-order valence-corrected chi connectivity index (χ0v) is 14.1. The number of fused-ring (bicyclic) bond motifs is 1. The highest BCUT2D eigenvalue weighted by atomic mass is 35.5. The van der Waals surface area contributed by atoms with Crippen molar-refractivity contribution in [3.63, 3.8) is 0 Å². The summed E-state index contributed by atoms with van der Waals surface area (Å²) in [5, 5.41) is 8.71. The number of nitrogens with one attached hydrogen (secondary N) is 1. The molecule has 1 amide bonds. The lowest BCUT2D eigenvalue weighted by atomic mass is 9.92. The topological polar surface area (TPSA) is 58.5 Å². The lowest BCUT2D eigenvalue weighted by Crippen LogP contribution is -2.26. The molecule has 0 spiro atoms. The number of hydrogen-bond acceptors (Lipinski definition) is 4. The van der Waals surface area contributed by atoms with E-state index >= 15 is 0 Å². The van der Waals surface area contributed by atoms with Crippen molar-refractivity contribution in [1.82, 2.24) is 5.32 Å². The highest BCUT2D eigenvalue weighted by Crippen LogP contribution is 2.38. The van der Waals surface area contributed by atoms with Crippen LogP contribution in [0.15, 0.2) is 34.8 Å². The molecule has 1 aliphatic carbocycles. The molecule has 0 bridgehead atoms. The van der Waals surface area contributed by atoms with E-state index in [4.69, 9.17) is 11.6 Å². The molecule has 23 heavy (non-hydrogen) atoms. The fraction of sp³-hybridized carbons (Fsp3) is 0.353. The number of thiophene rings is 1. The van der Waals surface area contributed by atoms with Crippen molar-refractivity contribution in [3.05, 3.63) is 61.1 Å². The number of carbonyl (C=O) groups excluding carboxylic acids is 1. The van der Waals surface area contributed by atoms with Crippen LogP contribution in [0.25, 0.3) is 0 Å². The molecular formula is C17H17ClN2O2S. The molecule has 1 aromatic heterocycles. The molecule has 1 atom stereocenters. The van der Waals surface area contributed by atoms with Gasteiger partial charge in [0, 0.05) is 21.8 Å². The van der Waals surface area contributed by atoms with Crippen LogP contribution < -0.4 is 5.32 Å². The molecule has 1 heterocycles. The van der Waals surface area contributed by atoms with Crippen molar-refractivity contribution in [2.45, 2.75) is 31.7 Å². The molecule has 0 aliphatic heterocycles. The van der Waals surface area contributed by atoms with Gasteiger partial charge < -0.3 is 5.32 Å². The molecular weight excluding hydrogens is 332 g/mol. The number of carbonyl (C=O) groups is 1. The third-order valence-electron chi connectivity index (χ3n) is 4.12. The van der Waals surface area contributed by atoms with Gasteiger partial charge in [-0.15, -0.1) is 11.3 Å². The van der Waals surface area contributed by atoms with Crippen molar-refractivity contribution in [3.8, 4) is 0 Å². The molecule has 1 N–H and O–H groups in total. The first-order valence-electron chi connectivity index (χ1n) is 7.64. The quantitative estimate of drug-likeness (QED) is 0.808. The fourth-order valence-electron chi connectivity index (χ4n) is 2.90. The molecule has 1 aliphatic rings. The predicted octanol–water partition coefficient (Wildman–Crippen LogP) is 4.52. The van der Waals surface area contributed by atoms with E-state index in [1.54, 1.807) is 0 Å². The van der Waals surface area contributed by atoms with Crippen molar-refractivity contribution in [2.75, 3.05) is 6.54 Å². The second kappa shape index (κ2) is 7.23. The van der Waals surface area contributed by atoms with E-state index < -0.39 is 0 Å². The van der Waals surface area contributed by atoms with Crippen LogP contribution in [0.5, 0.6) is 0 Å². The van der Waals surface area contributed by atoms with Gasteiger partial charge in [-0.1, -0.05) is 28.9 Å². The van der Waals surface area contributed by atoms with Crippen LogP contribution in [0.1, 0.15) is 45.2 Å². The summed E-state index contributed by atoms with van der Waals surface area (Å²) in [6.07, 6.45) is 3.30.